The summed E-state index contributed by atoms with van der Waals surface area (Å²) in [7, 11) is 0.320. The minimum Gasteiger partial charge on any atom is -0.744 e. The molecule has 0 atom stereocenters. The van der Waals surface area contributed by atoms with E-state index < -0.39 is 10.1 Å². The van der Waals surface area contributed by atoms with Gasteiger partial charge in [-0.2, -0.15) is 0 Å². The number of hydrogen-bond donors (Lipinski definition) is 1. The number of amides is 1. The van der Waals surface area contributed by atoms with Crippen molar-refractivity contribution in [2.45, 2.75) is 89.4 Å². The molecular weight excluding hydrogens is 448 g/mol. The lowest BCUT2D eigenvalue weighted by molar-refractivity contribution is -0.890. The molecule has 0 saturated carbocycles. The van der Waals surface area contributed by atoms with E-state index in [1.54, 1.807) is 12.1 Å². The molecule has 0 saturated heterocycles. The molecule has 1 rings (SSSR count). The predicted octanol–water partition coefficient (Wildman–Crippen LogP) is 5.58. The fourth-order valence-corrected chi connectivity index (χ4v) is 4.10. The van der Waals surface area contributed by atoms with E-state index in [0.717, 1.165) is 29.6 Å². The Labute approximate surface area is 209 Å². The van der Waals surface area contributed by atoms with Crippen LogP contribution < -0.4 is 5.32 Å². The molecule has 7 heteroatoms. The van der Waals surface area contributed by atoms with Gasteiger partial charge in [0, 0.05) is 13.0 Å². The predicted molar refractivity (Wildman–Crippen MR) is 141 cm³/mol. The lowest BCUT2D eigenvalue weighted by Crippen LogP contribution is -2.42. The SMILES string of the molecule is C=CC(=O)NCCC[N+](C)(C)CCCCCCCCCCCC.Cc1ccc(S(=O)(=O)[O-])cc1. The molecular formula is C27H48N2O4S. The average Bonchev–Trinajstić information content (AvgIpc) is 2.78. The van der Waals surface area contributed by atoms with Gasteiger partial charge in [-0.25, -0.2) is 8.42 Å². The maximum Gasteiger partial charge on any atom is 0.243 e. The van der Waals surface area contributed by atoms with Crippen molar-refractivity contribution < 1.29 is 22.2 Å². The highest BCUT2D eigenvalue weighted by Gasteiger charge is 2.13. The van der Waals surface area contributed by atoms with E-state index in [1.165, 1.54) is 89.0 Å². The zero-order valence-electron chi connectivity index (χ0n) is 22.0. The third-order valence-corrected chi connectivity index (χ3v) is 6.70. The fourth-order valence-electron chi connectivity index (χ4n) is 3.63. The van der Waals surface area contributed by atoms with E-state index in [2.05, 4.69) is 32.9 Å². The third-order valence-electron chi connectivity index (χ3n) is 5.85. The van der Waals surface area contributed by atoms with Gasteiger partial charge in [-0.3, -0.25) is 4.79 Å². The number of quaternary nitrogens is 1. The molecule has 0 fully saturated rings. The van der Waals surface area contributed by atoms with Crippen LogP contribution in [0.25, 0.3) is 0 Å². The second kappa shape index (κ2) is 18.6. The Balaban J connectivity index is 0.000000818. The van der Waals surface area contributed by atoms with E-state index in [0.29, 0.717) is 0 Å². The van der Waals surface area contributed by atoms with E-state index in [1.807, 2.05) is 6.92 Å². The number of aryl methyl sites for hydroxylation is 1. The number of hydrogen-bond acceptors (Lipinski definition) is 4. The summed E-state index contributed by atoms with van der Waals surface area (Å²) in [5.74, 6) is -0.0648. The number of carbonyl (C=O) groups excluding carboxylic acids is 1. The fraction of sp³-hybridized carbons (Fsp3) is 0.667. The van der Waals surface area contributed by atoms with Crippen LogP contribution >= 0.6 is 0 Å². The summed E-state index contributed by atoms with van der Waals surface area (Å²) >= 11 is 0. The molecule has 0 aliphatic rings. The van der Waals surface area contributed by atoms with Gasteiger partial charge in [-0.15, -0.1) is 0 Å². The molecule has 0 bridgehead atoms. The van der Waals surface area contributed by atoms with E-state index in [4.69, 9.17) is 0 Å². The first kappa shape index (κ1) is 32.3. The average molecular weight is 497 g/mol. The van der Waals surface area contributed by atoms with Crippen LogP contribution in [0.3, 0.4) is 0 Å². The van der Waals surface area contributed by atoms with E-state index in [-0.39, 0.29) is 10.8 Å². The molecule has 1 aromatic rings. The molecule has 0 unspecified atom stereocenters. The molecule has 0 radical (unpaired) electrons. The van der Waals surface area contributed by atoms with Crippen LogP contribution in [-0.2, 0) is 14.9 Å². The van der Waals surface area contributed by atoms with Crippen LogP contribution in [0.5, 0.6) is 0 Å². The van der Waals surface area contributed by atoms with Crippen LogP contribution in [0, 0.1) is 6.92 Å². The van der Waals surface area contributed by atoms with Gasteiger partial charge in [0.05, 0.1) is 32.1 Å². The Morgan fingerprint density at radius 3 is 1.85 bits per heavy atom. The van der Waals surface area contributed by atoms with Crippen molar-refractivity contribution in [1.29, 1.82) is 0 Å². The van der Waals surface area contributed by atoms with Crippen molar-refractivity contribution in [2.24, 2.45) is 0 Å². The standard InChI is InChI=1S/C20H40N2O.C7H8O3S/c1-5-7-8-9-10-11-12-13-14-15-18-22(3,4)19-16-17-21-20(23)6-2;1-6-2-4-7(5-3-6)11(8,9)10/h6H,2,5,7-19H2,1,3-4H3;2-5H,1H3,(H,8,9,10). The molecule has 1 amide bonds. The van der Waals surface area contributed by atoms with Crippen LogP contribution in [0.1, 0.15) is 83.1 Å². The van der Waals surface area contributed by atoms with Crippen molar-refractivity contribution in [3.63, 3.8) is 0 Å². The van der Waals surface area contributed by atoms with Gasteiger partial charge in [-0.1, -0.05) is 82.6 Å². The maximum absolute atomic E-state index is 11.1. The smallest absolute Gasteiger partial charge is 0.243 e. The number of unbranched alkanes of at least 4 members (excludes halogenated alkanes) is 9. The molecule has 196 valence electrons. The number of benzene rings is 1. The van der Waals surface area contributed by atoms with Crippen LogP contribution in [0.15, 0.2) is 41.8 Å². The molecule has 0 aliphatic heterocycles. The topological polar surface area (TPSA) is 86.3 Å². The van der Waals surface area contributed by atoms with Gasteiger partial charge >= 0.3 is 0 Å². The Morgan fingerprint density at radius 1 is 0.912 bits per heavy atom. The number of nitrogens with one attached hydrogen (secondary N) is 1. The molecule has 0 heterocycles. The zero-order valence-corrected chi connectivity index (χ0v) is 22.8. The van der Waals surface area contributed by atoms with Gasteiger partial charge in [0.15, 0.2) is 0 Å². The molecule has 1 aromatic carbocycles. The molecule has 0 spiro atoms. The lowest BCUT2D eigenvalue weighted by Gasteiger charge is -2.30. The normalized spacial score (nSPS) is 11.4. The summed E-state index contributed by atoms with van der Waals surface area (Å²) in [6.45, 7) is 10.7. The minimum atomic E-state index is -4.27. The van der Waals surface area contributed by atoms with Crippen molar-refractivity contribution in [1.82, 2.24) is 5.32 Å². The van der Waals surface area contributed by atoms with Gasteiger partial charge in [0.1, 0.15) is 10.1 Å². The zero-order chi connectivity index (χ0) is 25.9. The lowest BCUT2D eigenvalue weighted by atomic mass is 10.1. The number of carbonyl (C=O) groups is 1. The summed E-state index contributed by atoms with van der Waals surface area (Å²) in [5, 5.41) is 2.85. The van der Waals surface area contributed by atoms with E-state index in [9.17, 15) is 17.8 Å². The Bertz CT molecular complexity index is 774. The third kappa shape index (κ3) is 18.7. The summed E-state index contributed by atoms with van der Waals surface area (Å²) in [4.78, 5) is 10.9. The second-order valence-corrected chi connectivity index (χ2v) is 11.1. The first-order valence-corrected chi connectivity index (χ1v) is 14.2. The summed E-state index contributed by atoms with van der Waals surface area (Å²) < 4.78 is 32.2. The van der Waals surface area contributed by atoms with Crippen molar-refractivity contribution in [3.8, 4) is 0 Å². The second-order valence-electron chi connectivity index (χ2n) is 9.68. The first-order valence-electron chi connectivity index (χ1n) is 12.8. The highest BCUT2D eigenvalue weighted by atomic mass is 32.2. The summed E-state index contributed by atoms with van der Waals surface area (Å²) in [5.41, 5.74) is 0.928. The summed E-state index contributed by atoms with van der Waals surface area (Å²) in [6, 6.07) is 5.78. The van der Waals surface area contributed by atoms with E-state index >= 15 is 0 Å². The van der Waals surface area contributed by atoms with Crippen LogP contribution in [0.4, 0.5) is 0 Å². The highest BCUT2D eigenvalue weighted by Crippen LogP contribution is 2.12. The van der Waals surface area contributed by atoms with Crippen LogP contribution in [-0.4, -0.2) is 57.1 Å². The largest absolute Gasteiger partial charge is 0.744 e. The van der Waals surface area contributed by atoms with Gasteiger partial charge < -0.3 is 14.4 Å². The minimum absolute atomic E-state index is 0.0648. The number of nitrogens with zero attached hydrogens (tertiary/aromatic N) is 1. The molecule has 1 N–H and O–H groups in total. The monoisotopic (exact) mass is 496 g/mol. The van der Waals surface area contributed by atoms with Gasteiger partial charge in [-0.05, 0) is 38.0 Å². The van der Waals surface area contributed by atoms with Gasteiger partial charge in [0.2, 0.25) is 5.91 Å². The quantitative estimate of drug-likeness (QED) is 0.132. The Kier molecular flexibility index (Phi) is 17.7. The van der Waals surface area contributed by atoms with Crippen molar-refractivity contribution >= 4 is 16.0 Å². The highest BCUT2D eigenvalue weighted by molar-refractivity contribution is 7.85. The van der Waals surface area contributed by atoms with Crippen LogP contribution in [0.2, 0.25) is 0 Å². The van der Waals surface area contributed by atoms with Crippen molar-refractivity contribution in [3.05, 3.63) is 42.5 Å². The van der Waals surface area contributed by atoms with Gasteiger partial charge in [0.25, 0.3) is 0 Å². The molecule has 0 aromatic heterocycles. The number of rotatable bonds is 17. The molecule has 6 nitrogen and oxygen atoms in total. The maximum atomic E-state index is 11.1. The Hall–Kier alpha value is -1.70. The first-order chi connectivity index (χ1) is 16.0. The molecule has 34 heavy (non-hydrogen) atoms. The summed E-state index contributed by atoms with van der Waals surface area (Å²) in [6.07, 6.45) is 16.3. The Morgan fingerprint density at radius 2 is 1.38 bits per heavy atom. The molecule has 0 aliphatic carbocycles. The van der Waals surface area contributed by atoms with Crippen molar-refractivity contribution in [2.75, 3.05) is 33.7 Å².